The van der Waals surface area contributed by atoms with E-state index in [4.69, 9.17) is 16.2 Å². The maximum atomic E-state index is 11.2. The highest BCUT2D eigenvalue weighted by atomic mass is 35.5. The molecule has 0 spiro atoms. The molecule has 0 aromatic heterocycles. The molecule has 5 nitrogen and oxygen atoms in total. The molecular weight excluding hydrogens is 264 g/mol. The van der Waals surface area contributed by atoms with Crippen molar-refractivity contribution in [2.45, 2.75) is 6.61 Å². The van der Waals surface area contributed by atoms with Crippen molar-refractivity contribution in [1.82, 2.24) is 0 Å². The number of carbonyl (C=O) groups is 1. The molecule has 1 aromatic carbocycles. The highest BCUT2D eigenvalue weighted by Crippen LogP contribution is 2.08. The summed E-state index contributed by atoms with van der Waals surface area (Å²) in [6.45, 7) is 0.252. The van der Waals surface area contributed by atoms with Crippen LogP contribution in [-0.4, -0.2) is 17.8 Å². The molecule has 0 unspecified atom stereocenters. The second kappa shape index (κ2) is 8.72. The number of nitrogens with two attached hydrogens (primary N) is 2. The zero-order chi connectivity index (χ0) is 11.8. The number of hydrogen-bond acceptors (Lipinski definition) is 3. The average molecular weight is 277 g/mol. The van der Waals surface area contributed by atoms with Crippen molar-refractivity contribution in [2.24, 2.45) is 11.5 Å². The predicted molar refractivity (Wildman–Crippen MR) is 62.5 cm³/mol. The molecule has 0 atom stereocenters. The summed E-state index contributed by atoms with van der Waals surface area (Å²) >= 11 is 0.843. The highest BCUT2D eigenvalue weighted by molar-refractivity contribution is 7.94. The summed E-state index contributed by atoms with van der Waals surface area (Å²) in [7, 11) is 0. The van der Waals surface area contributed by atoms with Gasteiger partial charge in [-0.3, -0.25) is 4.79 Å². The molecule has 94 valence electrons. The van der Waals surface area contributed by atoms with Gasteiger partial charge in [-0.15, -0.1) is 3.87 Å². The average Bonchev–Trinajstić information content (AvgIpc) is 2.27. The first-order valence-corrected chi connectivity index (χ1v) is 5.46. The second-order valence-corrected chi connectivity index (χ2v) is 3.59. The number of ether oxygens (including phenoxy) is 1. The lowest BCUT2D eigenvalue weighted by Gasteiger charge is -2.01. The number of rotatable bonds is 5. The minimum Gasteiger partial charge on any atom is -1.00 e. The Labute approximate surface area is 110 Å². The van der Waals surface area contributed by atoms with E-state index in [9.17, 15) is 4.79 Å². The molecule has 0 heterocycles. The molecule has 0 bridgehead atoms. The van der Waals surface area contributed by atoms with E-state index in [-0.39, 0.29) is 36.8 Å². The van der Waals surface area contributed by atoms with Crippen LogP contribution in [0.5, 0.6) is 0 Å². The molecule has 7 heteroatoms. The number of hydrogen-bond donors (Lipinski definition) is 2. The van der Waals surface area contributed by atoms with Gasteiger partial charge in [-0.05, 0) is 5.56 Å². The van der Waals surface area contributed by atoms with Gasteiger partial charge in [-0.2, -0.15) is 0 Å². The first-order valence-electron chi connectivity index (χ1n) is 4.55. The number of halogens is 1. The lowest BCUT2D eigenvalue weighted by atomic mass is 10.2. The number of carbonyl (C=O) groups excluding carboxylic acids is 2. The normalized spacial score (nSPS) is 8.94. The molecule has 4 N–H and O–H groups in total. The van der Waals surface area contributed by atoms with Gasteiger partial charge in [0.15, 0.2) is 5.75 Å². The first kappa shape index (κ1) is 15.6. The van der Waals surface area contributed by atoms with Crippen LogP contribution in [0.15, 0.2) is 30.3 Å². The zero-order valence-corrected chi connectivity index (χ0v) is 10.5. The number of esters is 1. The second-order valence-electron chi connectivity index (χ2n) is 2.89. The van der Waals surface area contributed by atoms with Gasteiger partial charge in [-0.25, -0.2) is 0 Å². The summed E-state index contributed by atoms with van der Waals surface area (Å²) in [5.74, 6) is -0.333. The van der Waals surface area contributed by atoms with Crippen molar-refractivity contribution in [2.75, 3.05) is 5.75 Å². The molecule has 1 aromatic rings. The summed E-state index contributed by atoms with van der Waals surface area (Å²) in [5.41, 5.74) is 11.0. The van der Waals surface area contributed by atoms with Crippen LogP contribution in [0.4, 0.5) is 3.87 Å². The van der Waals surface area contributed by atoms with E-state index in [1.54, 1.807) is 0 Å². The number of urea groups is 1. The van der Waals surface area contributed by atoms with Gasteiger partial charge in [-0.1, -0.05) is 30.3 Å². The largest absolute Gasteiger partial charge is 1.00 e. The summed E-state index contributed by atoms with van der Waals surface area (Å²) in [6, 6.07) is 9.23. The SMILES string of the molecule is NC(N)=[O+]SCC(=O)OCc1ccccc1.[Cl-]. The molecule has 1 rings (SSSR count). The molecule has 0 aliphatic heterocycles. The Morgan fingerprint density at radius 1 is 1.29 bits per heavy atom. The van der Waals surface area contributed by atoms with Gasteiger partial charge < -0.3 is 28.6 Å². The van der Waals surface area contributed by atoms with Gasteiger partial charge in [0, 0.05) is 0 Å². The molecule has 0 radical (unpaired) electrons. The minimum atomic E-state index is -0.380. The Morgan fingerprint density at radius 3 is 2.53 bits per heavy atom. The maximum absolute atomic E-state index is 11.2. The van der Waals surface area contributed by atoms with Crippen molar-refractivity contribution >= 4 is 24.0 Å². The van der Waals surface area contributed by atoms with Crippen LogP contribution in [0.1, 0.15) is 5.56 Å². The topological polar surface area (TPSA) is 89.6 Å². The third-order valence-electron chi connectivity index (χ3n) is 1.57. The van der Waals surface area contributed by atoms with Crippen molar-refractivity contribution in [3.8, 4) is 0 Å². The highest BCUT2D eigenvalue weighted by Gasteiger charge is 2.11. The van der Waals surface area contributed by atoms with Crippen molar-refractivity contribution in [3.05, 3.63) is 35.9 Å². The van der Waals surface area contributed by atoms with Crippen LogP contribution >= 0.6 is 12.0 Å². The summed E-state index contributed by atoms with van der Waals surface area (Å²) in [6.07, 6.45) is 0. The van der Waals surface area contributed by atoms with E-state index in [2.05, 4.69) is 3.87 Å². The monoisotopic (exact) mass is 276 g/mol. The van der Waals surface area contributed by atoms with Gasteiger partial charge in [0.25, 0.3) is 0 Å². The number of benzene rings is 1. The third-order valence-corrected chi connectivity index (χ3v) is 2.24. The van der Waals surface area contributed by atoms with Gasteiger partial charge in [0.1, 0.15) is 6.61 Å². The number of primary amides is 2. The van der Waals surface area contributed by atoms with Crippen LogP contribution < -0.4 is 23.9 Å². The van der Waals surface area contributed by atoms with Crippen molar-refractivity contribution in [1.29, 1.82) is 0 Å². The van der Waals surface area contributed by atoms with E-state index >= 15 is 0 Å². The summed E-state index contributed by atoms with van der Waals surface area (Å²) in [5, 5.41) is 0. The fraction of sp³-hybridized carbons (Fsp3) is 0.200. The van der Waals surface area contributed by atoms with Crippen LogP contribution in [0, 0.1) is 0 Å². The molecule has 0 saturated heterocycles. The van der Waals surface area contributed by atoms with Gasteiger partial charge in [0.05, 0.1) is 0 Å². The molecule has 0 saturated carbocycles. The first-order chi connectivity index (χ1) is 7.68. The minimum absolute atomic E-state index is 0. The smallest absolute Gasteiger partial charge is 0.514 e. The Hall–Kier alpha value is -1.40. The predicted octanol–water partition coefficient (Wildman–Crippen LogP) is -2.04. The van der Waals surface area contributed by atoms with Crippen molar-refractivity contribution in [3.63, 3.8) is 0 Å². The molecule has 0 aliphatic rings. The van der Waals surface area contributed by atoms with E-state index in [1.807, 2.05) is 30.3 Å². The fourth-order valence-electron chi connectivity index (χ4n) is 0.925. The van der Waals surface area contributed by atoms with E-state index in [0.29, 0.717) is 0 Å². The lowest BCUT2D eigenvalue weighted by molar-refractivity contribution is -0.141. The van der Waals surface area contributed by atoms with Crippen LogP contribution in [-0.2, 0) is 16.1 Å². The Balaban J connectivity index is 0.00000256. The van der Waals surface area contributed by atoms with Crippen LogP contribution in [0.2, 0.25) is 0 Å². The van der Waals surface area contributed by atoms with E-state index < -0.39 is 0 Å². The zero-order valence-electron chi connectivity index (χ0n) is 8.97. The number of amides is 2. The Morgan fingerprint density at radius 2 is 1.94 bits per heavy atom. The summed E-state index contributed by atoms with van der Waals surface area (Å²) < 4.78 is 9.63. The maximum Gasteiger partial charge on any atom is 0.514 e. The standard InChI is InChI=1S/C10H13N2O3S.ClH/c11-10(12)15-16-7-9(13)14-6-8-4-2-1-3-5-8;/h1-5H,6-7,11-12H2;1H/q+1;/p-1. The lowest BCUT2D eigenvalue weighted by Crippen LogP contribution is -3.00. The quantitative estimate of drug-likeness (QED) is 0.369. The molecular formula is C10H13ClN2O3S. The van der Waals surface area contributed by atoms with Crippen molar-refractivity contribution < 1.29 is 25.8 Å². The Bertz CT molecular complexity index is 369. The molecule has 0 fully saturated rings. The molecule has 2 amide bonds. The fourth-order valence-corrected chi connectivity index (χ4v) is 1.30. The van der Waals surface area contributed by atoms with E-state index in [1.165, 1.54) is 0 Å². The summed E-state index contributed by atoms with van der Waals surface area (Å²) in [4.78, 5) is 11.2. The van der Waals surface area contributed by atoms with Crippen LogP contribution in [0.3, 0.4) is 0 Å². The van der Waals surface area contributed by atoms with E-state index in [0.717, 1.165) is 17.6 Å². The third kappa shape index (κ3) is 7.48. The van der Waals surface area contributed by atoms with Gasteiger partial charge in [0.2, 0.25) is 0 Å². The Kier molecular flexibility index (Phi) is 8.00. The van der Waals surface area contributed by atoms with Gasteiger partial charge >= 0.3 is 24.0 Å². The molecule has 0 aliphatic carbocycles. The van der Waals surface area contributed by atoms with Crippen LogP contribution in [0.25, 0.3) is 0 Å². The molecule has 17 heavy (non-hydrogen) atoms.